The number of nitrogens with one attached hydrogen (secondary N) is 2. The van der Waals surface area contributed by atoms with Crippen LogP contribution in [0.2, 0.25) is 10.0 Å². The fraction of sp³-hybridized carbons (Fsp3) is 0.588. The van der Waals surface area contributed by atoms with Crippen LogP contribution in [0.4, 0.5) is 4.79 Å². The molecule has 0 heterocycles. The number of amides is 1. The van der Waals surface area contributed by atoms with Crippen molar-refractivity contribution < 1.29 is 9.53 Å². The van der Waals surface area contributed by atoms with Gasteiger partial charge in [-0.25, -0.2) is 4.79 Å². The van der Waals surface area contributed by atoms with Gasteiger partial charge in [-0.3, -0.25) is 0 Å². The highest BCUT2D eigenvalue weighted by atomic mass is 35.5. The van der Waals surface area contributed by atoms with Gasteiger partial charge in [0.05, 0.1) is 0 Å². The second-order valence-electron chi connectivity index (χ2n) is 6.49. The number of halogens is 2. The van der Waals surface area contributed by atoms with Crippen LogP contribution in [0.15, 0.2) is 18.2 Å². The van der Waals surface area contributed by atoms with Gasteiger partial charge in [0.1, 0.15) is 5.60 Å². The first-order valence-corrected chi connectivity index (χ1v) is 8.61. The number of alkyl carbamates (subject to hydrolysis) is 1. The molecular weight excluding hydrogens is 335 g/mol. The molecule has 1 aromatic carbocycles. The van der Waals surface area contributed by atoms with Gasteiger partial charge in [0.2, 0.25) is 0 Å². The van der Waals surface area contributed by atoms with Crippen LogP contribution in [0.25, 0.3) is 0 Å². The topological polar surface area (TPSA) is 50.4 Å². The molecule has 0 aliphatic heterocycles. The Balaban J connectivity index is 2.50. The fourth-order valence-corrected chi connectivity index (χ4v) is 2.54. The van der Waals surface area contributed by atoms with Crippen molar-refractivity contribution in [2.24, 2.45) is 0 Å². The van der Waals surface area contributed by atoms with E-state index in [1.54, 1.807) is 6.07 Å². The lowest BCUT2D eigenvalue weighted by molar-refractivity contribution is 0.0521. The van der Waals surface area contributed by atoms with E-state index < -0.39 is 11.7 Å². The van der Waals surface area contributed by atoms with Crippen LogP contribution in [-0.2, 0) is 11.3 Å². The van der Waals surface area contributed by atoms with E-state index in [9.17, 15) is 4.79 Å². The molecule has 0 aliphatic carbocycles. The molecule has 1 atom stereocenters. The lowest BCUT2D eigenvalue weighted by atomic mass is 10.1. The van der Waals surface area contributed by atoms with Crippen molar-refractivity contribution >= 4 is 29.3 Å². The maximum Gasteiger partial charge on any atom is 0.407 e. The van der Waals surface area contributed by atoms with E-state index in [1.165, 1.54) is 0 Å². The molecule has 0 saturated carbocycles. The van der Waals surface area contributed by atoms with E-state index >= 15 is 0 Å². The third kappa shape index (κ3) is 8.45. The third-order valence-corrected chi connectivity index (χ3v) is 3.71. The maximum atomic E-state index is 11.7. The molecule has 23 heavy (non-hydrogen) atoms. The highest BCUT2D eigenvalue weighted by Crippen LogP contribution is 2.21. The predicted octanol–water partition coefficient (Wildman–Crippen LogP) is 4.78. The van der Waals surface area contributed by atoms with Gasteiger partial charge in [-0.2, -0.15) is 0 Å². The Morgan fingerprint density at radius 3 is 2.57 bits per heavy atom. The van der Waals surface area contributed by atoms with Crippen molar-refractivity contribution in [3.8, 4) is 0 Å². The highest BCUT2D eigenvalue weighted by molar-refractivity contribution is 6.35. The fourth-order valence-electron chi connectivity index (χ4n) is 2.06. The molecule has 0 radical (unpaired) electrons. The van der Waals surface area contributed by atoms with Crippen molar-refractivity contribution in [3.05, 3.63) is 33.8 Å². The number of hydrogen-bond acceptors (Lipinski definition) is 3. The first-order chi connectivity index (χ1) is 10.7. The van der Waals surface area contributed by atoms with Gasteiger partial charge in [0, 0.05) is 29.2 Å². The van der Waals surface area contributed by atoms with Gasteiger partial charge in [-0.15, -0.1) is 0 Å². The maximum absolute atomic E-state index is 11.7. The monoisotopic (exact) mass is 360 g/mol. The SMILES string of the molecule is CCCC(CNC(=O)OC(C)(C)C)NCc1ccc(Cl)cc1Cl. The Labute approximate surface area is 148 Å². The first kappa shape index (κ1) is 20.1. The molecular formula is C17H26Cl2N2O2. The molecule has 0 saturated heterocycles. The summed E-state index contributed by atoms with van der Waals surface area (Å²) < 4.78 is 5.25. The largest absolute Gasteiger partial charge is 0.444 e. The van der Waals surface area contributed by atoms with Crippen LogP contribution in [0.5, 0.6) is 0 Å². The third-order valence-electron chi connectivity index (χ3n) is 3.13. The van der Waals surface area contributed by atoms with Crippen molar-refractivity contribution in [2.75, 3.05) is 6.54 Å². The lowest BCUT2D eigenvalue weighted by Crippen LogP contribution is -2.42. The molecule has 0 aliphatic rings. The Bertz CT molecular complexity index is 516. The summed E-state index contributed by atoms with van der Waals surface area (Å²) >= 11 is 12.1. The second-order valence-corrected chi connectivity index (χ2v) is 7.33. The van der Waals surface area contributed by atoms with Gasteiger partial charge in [0.15, 0.2) is 0 Å². The van der Waals surface area contributed by atoms with Gasteiger partial charge in [0.25, 0.3) is 0 Å². The summed E-state index contributed by atoms with van der Waals surface area (Å²) in [7, 11) is 0. The molecule has 0 bridgehead atoms. The number of benzene rings is 1. The highest BCUT2D eigenvalue weighted by Gasteiger charge is 2.17. The average molecular weight is 361 g/mol. The molecule has 1 rings (SSSR count). The van der Waals surface area contributed by atoms with Crippen molar-refractivity contribution in [1.29, 1.82) is 0 Å². The van der Waals surface area contributed by atoms with Gasteiger partial charge in [-0.05, 0) is 44.9 Å². The van der Waals surface area contributed by atoms with Crippen LogP contribution < -0.4 is 10.6 Å². The minimum Gasteiger partial charge on any atom is -0.444 e. The second kappa shape index (κ2) is 9.36. The van der Waals surface area contributed by atoms with Crippen molar-refractivity contribution in [2.45, 2.75) is 58.7 Å². The molecule has 4 nitrogen and oxygen atoms in total. The number of hydrogen-bond donors (Lipinski definition) is 2. The zero-order valence-electron chi connectivity index (χ0n) is 14.2. The van der Waals surface area contributed by atoms with E-state index in [1.807, 2.05) is 32.9 Å². The Hall–Kier alpha value is -0.970. The molecule has 2 N–H and O–H groups in total. The Kier molecular flexibility index (Phi) is 8.17. The van der Waals surface area contributed by atoms with Crippen LogP contribution in [0.3, 0.4) is 0 Å². The molecule has 130 valence electrons. The summed E-state index contributed by atoms with van der Waals surface area (Å²) in [4.78, 5) is 11.7. The first-order valence-electron chi connectivity index (χ1n) is 7.85. The molecule has 0 fully saturated rings. The van der Waals surface area contributed by atoms with Crippen molar-refractivity contribution in [3.63, 3.8) is 0 Å². The van der Waals surface area contributed by atoms with Crippen LogP contribution in [0.1, 0.15) is 46.1 Å². The molecule has 1 amide bonds. The number of ether oxygens (including phenoxy) is 1. The van der Waals surface area contributed by atoms with Gasteiger partial charge >= 0.3 is 6.09 Å². The van der Waals surface area contributed by atoms with E-state index in [4.69, 9.17) is 27.9 Å². The number of carbonyl (C=O) groups excluding carboxylic acids is 1. The summed E-state index contributed by atoms with van der Waals surface area (Å²) in [6.07, 6.45) is 1.56. The van der Waals surface area contributed by atoms with Crippen LogP contribution in [0, 0.1) is 0 Å². The quantitative estimate of drug-likeness (QED) is 0.735. The molecule has 0 aromatic heterocycles. The van der Waals surface area contributed by atoms with E-state index in [0.717, 1.165) is 18.4 Å². The average Bonchev–Trinajstić information content (AvgIpc) is 2.41. The van der Waals surface area contributed by atoms with Crippen molar-refractivity contribution in [1.82, 2.24) is 10.6 Å². The van der Waals surface area contributed by atoms with Crippen LogP contribution in [-0.4, -0.2) is 24.3 Å². The molecule has 1 aromatic rings. The van der Waals surface area contributed by atoms with E-state index in [0.29, 0.717) is 23.1 Å². The van der Waals surface area contributed by atoms with Crippen LogP contribution >= 0.6 is 23.2 Å². The van der Waals surface area contributed by atoms with Gasteiger partial charge < -0.3 is 15.4 Å². The number of rotatable bonds is 7. The summed E-state index contributed by atoms with van der Waals surface area (Å²) in [5.74, 6) is 0. The summed E-state index contributed by atoms with van der Waals surface area (Å²) in [5, 5.41) is 7.48. The minimum absolute atomic E-state index is 0.152. The summed E-state index contributed by atoms with van der Waals surface area (Å²) in [6, 6.07) is 5.60. The molecule has 0 spiro atoms. The standard InChI is InChI=1S/C17H26Cl2N2O2/c1-5-6-14(11-21-16(22)23-17(2,3)4)20-10-12-7-8-13(18)9-15(12)19/h7-9,14,20H,5-6,10-11H2,1-4H3,(H,21,22). The summed E-state index contributed by atoms with van der Waals surface area (Å²) in [6.45, 7) is 8.77. The zero-order valence-corrected chi connectivity index (χ0v) is 15.7. The van der Waals surface area contributed by atoms with E-state index in [-0.39, 0.29) is 6.04 Å². The number of carbonyl (C=O) groups is 1. The normalized spacial score (nSPS) is 12.8. The minimum atomic E-state index is -0.491. The summed E-state index contributed by atoms with van der Waals surface area (Å²) in [5.41, 5.74) is 0.489. The molecule has 1 unspecified atom stereocenters. The Morgan fingerprint density at radius 1 is 1.30 bits per heavy atom. The zero-order chi connectivity index (χ0) is 17.5. The smallest absolute Gasteiger partial charge is 0.407 e. The van der Waals surface area contributed by atoms with Gasteiger partial charge in [-0.1, -0.05) is 42.6 Å². The van der Waals surface area contributed by atoms with E-state index in [2.05, 4.69) is 17.6 Å². The lowest BCUT2D eigenvalue weighted by Gasteiger charge is -2.22. The molecule has 6 heteroatoms. The predicted molar refractivity (Wildman–Crippen MR) is 96.2 cm³/mol. The Morgan fingerprint density at radius 2 is 2.00 bits per heavy atom.